The Morgan fingerprint density at radius 1 is 0.879 bits per heavy atom. The van der Waals surface area contributed by atoms with Crippen LogP contribution in [-0.4, -0.2) is 108 Å². The standard InChI is InChI=1S/C11H21O5P.C9H17O6P/c1-8-9-10(16-17(3,4)12)11(15-8,7-13-2)5-6-14-9;1-6-7-8(15-16(3,10)11)9(14-6,4-12-2)5-13-7/h8-10H,5-7H2,1-4H3;6-8H,4-5H2,1-3H3,(H,10,11)/p-1/t8-,9?,10-,11+;6-,7?,8+,9-/m00/s1. The third-order valence-corrected chi connectivity index (χ3v) is 7.55. The van der Waals surface area contributed by atoms with Gasteiger partial charge in [0.15, 0.2) is 7.37 Å². The van der Waals surface area contributed by atoms with Crippen LogP contribution in [0.3, 0.4) is 0 Å². The zero-order valence-corrected chi connectivity index (χ0v) is 22.2. The molecule has 4 bridgehead atoms. The van der Waals surface area contributed by atoms with Crippen molar-refractivity contribution in [3.8, 4) is 0 Å². The van der Waals surface area contributed by atoms with Crippen LogP contribution < -0.4 is 4.89 Å². The van der Waals surface area contributed by atoms with Crippen LogP contribution in [0, 0.1) is 0 Å². The molecule has 0 spiro atoms. The van der Waals surface area contributed by atoms with Crippen LogP contribution >= 0.6 is 15.0 Å². The van der Waals surface area contributed by atoms with Crippen molar-refractivity contribution in [2.45, 2.75) is 68.1 Å². The van der Waals surface area contributed by atoms with Crippen LogP contribution in [0.1, 0.15) is 20.3 Å². The molecule has 4 fully saturated rings. The highest BCUT2D eigenvalue weighted by Crippen LogP contribution is 2.50. The second kappa shape index (κ2) is 10.2. The van der Waals surface area contributed by atoms with Crippen LogP contribution in [0.4, 0.5) is 0 Å². The van der Waals surface area contributed by atoms with E-state index in [1.54, 1.807) is 20.4 Å². The van der Waals surface area contributed by atoms with Crippen molar-refractivity contribution in [3.63, 3.8) is 0 Å². The Morgan fingerprint density at radius 3 is 1.91 bits per heavy atom. The van der Waals surface area contributed by atoms with Crippen molar-refractivity contribution in [3.05, 3.63) is 0 Å². The van der Waals surface area contributed by atoms with E-state index < -0.39 is 32.3 Å². The Labute approximate surface area is 195 Å². The van der Waals surface area contributed by atoms with E-state index in [0.717, 1.165) is 6.66 Å². The minimum absolute atomic E-state index is 0.0517. The summed E-state index contributed by atoms with van der Waals surface area (Å²) in [7, 11) is -3.21. The lowest BCUT2D eigenvalue weighted by Crippen LogP contribution is -2.52. The zero-order chi connectivity index (χ0) is 24.7. The Kier molecular flexibility index (Phi) is 8.58. The minimum atomic E-state index is -3.81. The normalized spacial score (nSPS) is 43.8. The van der Waals surface area contributed by atoms with Gasteiger partial charge < -0.3 is 46.9 Å². The summed E-state index contributed by atoms with van der Waals surface area (Å²) in [6.07, 6.45) is -0.899. The molecule has 33 heavy (non-hydrogen) atoms. The molecule has 11 nitrogen and oxygen atoms in total. The summed E-state index contributed by atoms with van der Waals surface area (Å²) >= 11 is 0. The quantitative estimate of drug-likeness (QED) is 0.433. The van der Waals surface area contributed by atoms with Gasteiger partial charge in [-0.05, 0) is 13.8 Å². The second-order valence-corrected chi connectivity index (χ2v) is 14.0. The largest absolute Gasteiger partial charge is 0.779 e. The fourth-order valence-electron chi connectivity index (χ4n) is 5.09. The van der Waals surface area contributed by atoms with Gasteiger partial charge >= 0.3 is 0 Å². The van der Waals surface area contributed by atoms with E-state index in [4.69, 9.17) is 37.5 Å². The van der Waals surface area contributed by atoms with Crippen LogP contribution in [0.2, 0.25) is 0 Å². The van der Waals surface area contributed by atoms with E-state index in [1.807, 2.05) is 13.8 Å². The van der Waals surface area contributed by atoms with Gasteiger partial charge in [0, 0.05) is 40.6 Å². The topological polar surface area (TPSA) is 131 Å². The van der Waals surface area contributed by atoms with Gasteiger partial charge in [0.25, 0.3) is 0 Å². The van der Waals surface area contributed by atoms with Crippen molar-refractivity contribution < 1.29 is 51.5 Å². The van der Waals surface area contributed by atoms with Gasteiger partial charge in [0.1, 0.15) is 43.2 Å². The molecular weight excluding hydrogens is 478 g/mol. The van der Waals surface area contributed by atoms with Crippen molar-refractivity contribution >= 4 is 15.0 Å². The monoisotopic (exact) mass is 515 g/mol. The average Bonchev–Trinajstić information content (AvgIpc) is 3.14. The molecule has 0 saturated carbocycles. The molecule has 0 aromatic heterocycles. The molecule has 9 atom stereocenters. The predicted molar refractivity (Wildman–Crippen MR) is 117 cm³/mol. The Hall–Kier alpha value is 0.1000. The minimum Gasteiger partial charge on any atom is -0.779 e. The summed E-state index contributed by atoms with van der Waals surface area (Å²) in [5.74, 6) is 0. The number of rotatable bonds is 8. The van der Waals surface area contributed by atoms with Gasteiger partial charge in [-0.15, -0.1) is 0 Å². The first kappa shape index (κ1) is 27.7. The molecule has 4 aliphatic heterocycles. The van der Waals surface area contributed by atoms with Crippen molar-refractivity contribution in [1.82, 2.24) is 0 Å². The second-order valence-electron chi connectivity index (χ2n) is 9.58. The Bertz CT molecular complexity index is 765. The molecule has 4 saturated heterocycles. The lowest BCUT2D eigenvalue weighted by Gasteiger charge is -2.38. The first-order valence-corrected chi connectivity index (χ1v) is 15.5. The maximum Gasteiger partial charge on any atom is 0.197 e. The fourth-order valence-corrected chi connectivity index (χ4v) is 6.68. The Balaban J connectivity index is 0.000000186. The fraction of sp³-hybridized carbons (Fsp3) is 1.00. The van der Waals surface area contributed by atoms with Gasteiger partial charge in [0.05, 0.1) is 38.6 Å². The summed E-state index contributed by atoms with van der Waals surface area (Å²) in [6, 6.07) is 0. The van der Waals surface area contributed by atoms with E-state index in [2.05, 4.69) is 0 Å². The lowest BCUT2D eigenvalue weighted by atomic mass is 9.90. The van der Waals surface area contributed by atoms with Crippen molar-refractivity contribution in [2.75, 3.05) is 60.6 Å². The van der Waals surface area contributed by atoms with Gasteiger partial charge in [-0.25, -0.2) is 0 Å². The van der Waals surface area contributed by atoms with E-state index in [9.17, 15) is 14.0 Å². The highest BCUT2D eigenvalue weighted by atomic mass is 31.2. The molecule has 13 heteroatoms. The van der Waals surface area contributed by atoms with Gasteiger partial charge in [-0.2, -0.15) is 0 Å². The number of ether oxygens (including phenoxy) is 6. The molecule has 0 amide bonds. The number of methoxy groups -OCH3 is 2. The predicted octanol–water partition coefficient (Wildman–Crippen LogP) is 1.26. The van der Waals surface area contributed by atoms with Gasteiger partial charge in [-0.3, -0.25) is 4.57 Å². The molecule has 4 aliphatic rings. The third-order valence-electron chi connectivity index (χ3n) is 6.21. The zero-order valence-electron chi connectivity index (χ0n) is 20.4. The summed E-state index contributed by atoms with van der Waals surface area (Å²) in [6.45, 7) is 9.73. The van der Waals surface area contributed by atoms with Crippen LogP contribution in [-0.2, 0) is 46.6 Å². The molecule has 0 aliphatic carbocycles. The summed E-state index contributed by atoms with van der Waals surface area (Å²) < 4.78 is 67.1. The Morgan fingerprint density at radius 2 is 1.39 bits per heavy atom. The highest BCUT2D eigenvalue weighted by molar-refractivity contribution is 7.57. The van der Waals surface area contributed by atoms with E-state index in [1.165, 1.54) is 7.11 Å². The number of hydrogen-bond acceptors (Lipinski definition) is 11. The molecule has 0 aromatic rings. The molecule has 0 radical (unpaired) electrons. The first-order valence-electron chi connectivity index (χ1n) is 11.0. The molecule has 4 heterocycles. The molecular formula is C20H37O11P2-. The van der Waals surface area contributed by atoms with Crippen LogP contribution in [0.15, 0.2) is 0 Å². The smallest absolute Gasteiger partial charge is 0.197 e. The molecule has 194 valence electrons. The van der Waals surface area contributed by atoms with Crippen LogP contribution in [0.5, 0.6) is 0 Å². The number of hydrogen-bond donors (Lipinski definition) is 0. The molecule has 4 rings (SSSR count). The maximum absolute atomic E-state index is 11.9. The molecule has 3 unspecified atom stereocenters. The van der Waals surface area contributed by atoms with Crippen molar-refractivity contribution in [2.24, 2.45) is 0 Å². The first-order chi connectivity index (χ1) is 15.3. The highest BCUT2D eigenvalue weighted by Gasteiger charge is 2.62. The van der Waals surface area contributed by atoms with Crippen LogP contribution in [0.25, 0.3) is 0 Å². The van der Waals surface area contributed by atoms with E-state index in [0.29, 0.717) is 26.2 Å². The van der Waals surface area contributed by atoms with Gasteiger partial charge in [0.2, 0.25) is 0 Å². The van der Waals surface area contributed by atoms with Crippen molar-refractivity contribution in [1.29, 1.82) is 0 Å². The lowest BCUT2D eigenvalue weighted by molar-refractivity contribution is -0.206. The summed E-state index contributed by atoms with van der Waals surface area (Å²) in [5, 5.41) is 0. The SMILES string of the molecule is COC[C@@]12CCOC([C@H](C)O1)[C@@H]2OP(C)(C)=O.COC[C@@]12COC([C@H](C)O1)[C@H]2OP(C)(=O)[O-]. The average molecular weight is 515 g/mol. The molecule has 0 N–H and O–H groups in total. The van der Waals surface area contributed by atoms with E-state index >= 15 is 0 Å². The molecule has 0 aromatic carbocycles. The number of fused-ring (bicyclic) bond motifs is 4. The third kappa shape index (κ3) is 6.09. The summed E-state index contributed by atoms with van der Waals surface area (Å²) in [4.78, 5) is 11.2. The maximum atomic E-state index is 11.9. The van der Waals surface area contributed by atoms with Gasteiger partial charge in [-0.1, -0.05) is 0 Å². The summed E-state index contributed by atoms with van der Waals surface area (Å²) in [5.41, 5.74) is -1.28. The van der Waals surface area contributed by atoms with E-state index in [-0.39, 0.29) is 37.1 Å².